The molecule has 0 aromatic heterocycles. The van der Waals surface area contributed by atoms with Gasteiger partial charge in [-0.2, -0.15) is 5.26 Å². The van der Waals surface area contributed by atoms with Crippen LogP contribution in [-0.2, 0) is 0 Å². The van der Waals surface area contributed by atoms with Gasteiger partial charge in [0, 0.05) is 10.9 Å². The summed E-state index contributed by atoms with van der Waals surface area (Å²) in [6.07, 6.45) is 5.03. The van der Waals surface area contributed by atoms with Crippen molar-refractivity contribution < 1.29 is 0 Å². The molecule has 0 radical (unpaired) electrons. The van der Waals surface area contributed by atoms with Crippen LogP contribution in [0.2, 0.25) is 0 Å². The fraction of sp³-hybridized carbons (Fsp3) is 0.562. The molecule has 2 rings (SSSR count). The maximum atomic E-state index is 9.39. The first kappa shape index (κ1) is 14.3. The topological polar surface area (TPSA) is 35.8 Å². The van der Waals surface area contributed by atoms with Crippen LogP contribution in [0.3, 0.4) is 0 Å². The van der Waals surface area contributed by atoms with E-state index >= 15 is 0 Å². The zero-order valence-electron chi connectivity index (χ0n) is 11.8. The first-order valence-electron chi connectivity index (χ1n) is 7.17. The Labute approximate surface area is 120 Å². The summed E-state index contributed by atoms with van der Waals surface area (Å²) in [5.74, 6) is 1.86. The number of nitriles is 1. The average Bonchev–Trinajstić information content (AvgIpc) is 2.42. The van der Waals surface area contributed by atoms with Gasteiger partial charge >= 0.3 is 0 Å². The van der Waals surface area contributed by atoms with Crippen molar-refractivity contribution in [2.75, 3.05) is 11.1 Å². The third-order valence-electron chi connectivity index (χ3n) is 3.81. The molecule has 3 heteroatoms. The molecule has 0 saturated heterocycles. The summed E-state index contributed by atoms with van der Waals surface area (Å²) in [6.45, 7) is 4.45. The molecular formula is C16H22N2S. The maximum Gasteiger partial charge on any atom is 0.102 e. The van der Waals surface area contributed by atoms with Crippen molar-refractivity contribution in [1.29, 1.82) is 5.26 Å². The highest BCUT2D eigenvalue weighted by Gasteiger charge is 2.19. The van der Waals surface area contributed by atoms with E-state index in [1.807, 2.05) is 18.2 Å². The van der Waals surface area contributed by atoms with Crippen molar-refractivity contribution in [3.8, 4) is 6.07 Å². The Kier molecular flexibility index (Phi) is 5.15. The minimum absolute atomic E-state index is 0.533. The molecule has 1 N–H and O–H groups in total. The Morgan fingerprint density at radius 2 is 2.05 bits per heavy atom. The van der Waals surface area contributed by atoms with Gasteiger partial charge in [0.05, 0.1) is 11.3 Å². The molecule has 2 nitrogen and oxygen atoms in total. The van der Waals surface area contributed by atoms with Gasteiger partial charge in [-0.25, -0.2) is 0 Å². The van der Waals surface area contributed by atoms with Gasteiger partial charge in [0.2, 0.25) is 0 Å². The molecule has 0 atom stereocenters. The third-order valence-corrected chi connectivity index (χ3v) is 4.75. The molecular weight excluding hydrogens is 252 g/mol. The lowest BCUT2D eigenvalue weighted by Crippen LogP contribution is -2.25. The Hall–Kier alpha value is -1.14. The normalized spacial score (nSPS) is 22.8. The van der Waals surface area contributed by atoms with Crippen molar-refractivity contribution in [3.63, 3.8) is 0 Å². The van der Waals surface area contributed by atoms with Crippen LogP contribution in [0, 0.1) is 17.2 Å². The number of hydrogen-bond acceptors (Lipinski definition) is 3. The van der Waals surface area contributed by atoms with Crippen LogP contribution in [0.5, 0.6) is 0 Å². The lowest BCUT2D eigenvalue weighted by molar-refractivity contribution is 0.361. The largest absolute Gasteiger partial charge is 0.381 e. The fourth-order valence-electron chi connectivity index (χ4n) is 2.67. The van der Waals surface area contributed by atoms with Gasteiger partial charge in [0.15, 0.2) is 0 Å². The lowest BCUT2D eigenvalue weighted by Gasteiger charge is -2.28. The van der Waals surface area contributed by atoms with Crippen molar-refractivity contribution in [1.82, 2.24) is 0 Å². The first-order chi connectivity index (χ1) is 9.24. The molecule has 19 heavy (non-hydrogen) atoms. The van der Waals surface area contributed by atoms with Crippen LogP contribution in [0.4, 0.5) is 5.69 Å². The van der Waals surface area contributed by atoms with E-state index < -0.39 is 0 Å². The number of thioether (sulfide) groups is 1. The number of anilines is 1. The van der Waals surface area contributed by atoms with E-state index in [1.165, 1.54) is 25.7 Å². The summed E-state index contributed by atoms with van der Waals surface area (Å²) in [4.78, 5) is 1.10. The van der Waals surface area contributed by atoms with Crippen LogP contribution >= 0.6 is 11.8 Å². The minimum Gasteiger partial charge on any atom is -0.381 e. The Morgan fingerprint density at radius 1 is 1.32 bits per heavy atom. The van der Waals surface area contributed by atoms with E-state index in [9.17, 15) is 5.26 Å². The van der Waals surface area contributed by atoms with Crippen LogP contribution in [0.1, 0.15) is 45.1 Å². The van der Waals surface area contributed by atoms with Crippen molar-refractivity contribution in [3.05, 3.63) is 23.8 Å². The molecule has 1 saturated carbocycles. The van der Waals surface area contributed by atoms with E-state index in [4.69, 9.17) is 0 Å². The minimum atomic E-state index is 0.533. The van der Waals surface area contributed by atoms with E-state index in [1.54, 1.807) is 11.8 Å². The second-order valence-electron chi connectivity index (χ2n) is 5.32. The van der Waals surface area contributed by atoms with Crippen molar-refractivity contribution >= 4 is 17.4 Å². The first-order valence-corrected chi connectivity index (χ1v) is 8.15. The second-order valence-corrected chi connectivity index (χ2v) is 6.63. The highest BCUT2D eigenvalue weighted by molar-refractivity contribution is 7.99. The predicted octanol–water partition coefficient (Wildman–Crippen LogP) is 4.66. The van der Waals surface area contributed by atoms with Crippen LogP contribution in [0.15, 0.2) is 23.1 Å². The molecule has 0 bridgehead atoms. The van der Waals surface area contributed by atoms with Gasteiger partial charge in [-0.1, -0.05) is 19.9 Å². The van der Waals surface area contributed by atoms with E-state index in [2.05, 4.69) is 25.2 Å². The second kappa shape index (κ2) is 6.86. The predicted molar refractivity (Wildman–Crippen MR) is 82.6 cm³/mol. The number of nitrogens with zero attached hydrogens (tertiary/aromatic N) is 1. The molecule has 1 aliphatic rings. The van der Waals surface area contributed by atoms with Crippen LogP contribution < -0.4 is 5.32 Å². The zero-order chi connectivity index (χ0) is 13.7. The van der Waals surface area contributed by atoms with E-state index in [0.29, 0.717) is 6.04 Å². The van der Waals surface area contributed by atoms with Crippen molar-refractivity contribution in [2.24, 2.45) is 5.92 Å². The maximum absolute atomic E-state index is 9.39. The molecule has 1 aromatic rings. The van der Waals surface area contributed by atoms with Gasteiger partial charge in [0.1, 0.15) is 6.07 Å². The molecule has 0 heterocycles. The van der Waals surface area contributed by atoms with Crippen molar-refractivity contribution in [2.45, 2.75) is 50.5 Å². The number of benzene rings is 1. The smallest absolute Gasteiger partial charge is 0.102 e. The zero-order valence-corrected chi connectivity index (χ0v) is 12.6. The molecule has 1 aliphatic carbocycles. The molecule has 0 amide bonds. The summed E-state index contributed by atoms with van der Waals surface area (Å²) >= 11 is 1.74. The highest BCUT2D eigenvalue weighted by atomic mass is 32.2. The van der Waals surface area contributed by atoms with E-state index in [-0.39, 0.29) is 0 Å². The Morgan fingerprint density at radius 3 is 2.68 bits per heavy atom. The average molecular weight is 274 g/mol. The summed E-state index contributed by atoms with van der Waals surface area (Å²) in [5.41, 5.74) is 1.83. The molecule has 0 unspecified atom stereocenters. The quantitative estimate of drug-likeness (QED) is 0.811. The Bertz CT molecular complexity index is 456. The molecule has 1 fully saturated rings. The standard InChI is InChI=1S/C16H22N2S/c1-3-19-16-6-4-5-15(14(16)11-17)18-13-9-7-12(2)8-10-13/h4-6,12-13,18H,3,7-10H2,1-2H3. The van der Waals surface area contributed by atoms with Gasteiger partial charge < -0.3 is 5.32 Å². The summed E-state index contributed by atoms with van der Waals surface area (Å²) in [5, 5.41) is 13.0. The van der Waals surface area contributed by atoms with Crippen LogP contribution in [-0.4, -0.2) is 11.8 Å². The van der Waals surface area contributed by atoms with Gasteiger partial charge in [-0.05, 0) is 49.5 Å². The SMILES string of the molecule is CCSc1cccc(NC2CCC(C)CC2)c1C#N. The van der Waals surface area contributed by atoms with Crippen LogP contribution in [0.25, 0.3) is 0 Å². The number of rotatable bonds is 4. The van der Waals surface area contributed by atoms with Gasteiger partial charge in [-0.3, -0.25) is 0 Å². The van der Waals surface area contributed by atoms with E-state index in [0.717, 1.165) is 27.8 Å². The monoisotopic (exact) mass is 274 g/mol. The summed E-state index contributed by atoms with van der Waals surface area (Å²) < 4.78 is 0. The fourth-order valence-corrected chi connectivity index (χ4v) is 3.45. The van der Waals surface area contributed by atoms with Gasteiger partial charge in [0.25, 0.3) is 0 Å². The molecule has 0 aliphatic heterocycles. The molecule has 0 spiro atoms. The lowest BCUT2D eigenvalue weighted by atomic mass is 9.87. The molecule has 1 aromatic carbocycles. The molecule has 102 valence electrons. The third kappa shape index (κ3) is 3.67. The number of nitrogens with one attached hydrogen (secondary N) is 1. The highest BCUT2D eigenvalue weighted by Crippen LogP contribution is 2.31. The summed E-state index contributed by atoms with van der Waals surface area (Å²) in [6, 6.07) is 9.03. The van der Waals surface area contributed by atoms with Gasteiger partial charge in [-0.15, -0.1) is 11.8 Å². The summed E-state index contributed by atoms with van der Waals surface area (Å²) in [7, 11) is 0. The number of hydrogen-bond donors (Lipinski definition) is 1. The Balaban J connectivity index is 2.11.